The molecule has 37 heavy (non-hydrogen) atoms. The second kappa shape index (κ2) is 11.4. The van der Waals surface area contributed by atoms with Crippen molar-refractivity contribution in [1.82, 2.24) is 4.90 Å². The number of likely N-dealkylation sites (tertiary alicyclic amines) is 1. The quantitative estimate of drug-likeness (QED) is 0.252. The van der Waals surface area contributed by atoms with Gasteiger partial charge in [0.2, 0.25) is 5.91 Å². The van der Waals surface area contributed by atoms with Crippen molar-refractivity contribution in [3.05, 3.63) is 54.6 Å². The zero-order chi connectivity index (χ0) is 26.7. The van der Waals surface area contributed by atoms with Crippen molar-refractivity contribution in [2.75, 3.05) is 24.7 Å². The molecule has 200 valence electrons. The van der Waals surface area contributed by atoms with Crippen LogP contribution in [-0.4, -0.2) is 71.3 Å². The molecule has 4 rings (SSSR count). The van der Waals surface area contributed by atoms with Gasteiger partial charge in [-0.15, -0.1) is 13.2 Å². The number of halogens is 1. The number of rotatable bonds is 12. The van der Waals surface area contributed by atoms with E-state index in [0.29, 0.717) is 42.8 Å². The van der Waals surface area contributed by atoms with Crippen LogP contribution in [0.25, 0.3) is 0 Å². The standard InChI is InChI=1S/C28H35ClN2O6/c1-4-7-10-16-36-27(35)22-21-13-14-28(37-21)23(22)25(33)31(18(6-3)17-32)24(28)26(34)30(15-5-2)20-12-9-8-11-19(20)29/h4-5,8-9,11-12,18,21-24,32H,1-2,6-7,10,13-17H2,3H3/t18-,21-,22+,23-,24?,28?/m0/s1. The molecule has 1 aromatic carbocycles. The number of hydrogen-bond acceptors (Lipinski definition) is 6. The highest BCUT2D eigenvalue weighted by Gasteiger charge is 2.75. The second-order valence-corrected chi connectivity index (χ2v) is 10.2. The molecule has 0 saturated carbocycles. The Kier molecular flexibility index (Phi) is 8.41. The average Bonchev–Trinajstić information content (AvgIpc) is 3.54. The Morgan fingerprint density at radius 2 is 2.11 bits per heavy atom. The first-order valence-corrected chi connectivity index (χ1v) is 13.3. The number of fused-ring (bicyclic) bond motifs is 1. The molecule has 0 radical (unpaired) electrons. The van der Waals surface area contributed by atoms with Crippen molar-refractivity contribution in [2.24, 2.45) is 11.8 Å². The van der Waals surface area contributed by atoms with Crippen LogP contribution < -0.4 is 4.90 Å². The van der Waals surface area contributed by atoms with Crippen molar-refractivity contribution < 1.29 is 29.0 Å². The summed E-state index contributed by atoms with van der Waals surface area (Å²) in [6, 6.07) is 5.35. The van der Waals surface area contributed by atoms with Crippen LogP contribution in [0.15, 0.2) is 49.6 Å². The zero-order valence-electron chi connectivity index (χ0n) is 21.2. The highest BCUT2D eigenvalue weighted by molar-refractivity contribution is 6.34. The molecule has 6 atom stereocenters. The summed E-state index contributed by atoms with van der Waals surface area (Å²) in [6.07, 6.45) is 5.63. The van der Waals surface area contributed by atoms with E-state index in [9.17, 15) is 19.5 Å². The molecule has 3 fully saturated rings. The first-order chi connectivity index (χ1) is 17.9. The van der Waals surface area contributed by atoms with Gasteiger partial charge in [-0.25, -0.2) is 0 Å². The highest BCUT2D eigenvalue weighted by Crippen LogP contribution is 2.59. The first kappa shape index (κ1) is 27.4. The van der Waals surface area contributed by atoms with Crippen molar-refractivity contribution in [1.29, 1.82) is 0 Å². The van der Waals surface area contributed by atoms with Crippen molar-refractivity contribution in [3.8, 4) is 0 Å². The molecule has 1 N–H and O–H groups in total. The maximum absolute atomic E-state index is 14.4. The lowest BCUT2D eigenvalue weighted by molar-refractivity contribution is -0.155. The summed E-state index contributed by atoms with van der Waals surface area (Å²) >= 11 is 6.46. The minimum Gasteiger partial charge on any atom is -0.465 e. The summed E-state index contributed by atoms with van der Waals surface area (Å²) in [5.41, 5.74) is -0.698. The summed E-state index contributed by atoms with van der Waals surface area (Å²) in [7, 11) is 0. The number of nitrogens with zero attached hydrogens (tertiary/aromatic N) is 2. The lowest BCUT2D eigenvalue weighted by Gasteiger charge is -2.39. The van der Waals surface area contributed by atoms with Gasteiger partial charge in [0.25, 0.3) is 5.91 Å². The molecule has 0 aromatic heterocycles. The maximum Gasteiger partial charge on any atom is 0.312 e. The third kappa shape index (κ3) is 4.60. The minimum atomic E-state index is -1.19. The van der Waals surface area contributed by atoms with Gasteiger partial charge >= 0.3 is 5.97 Å². The number of carbonyl (C=O) groups excluding carboxylic acids is 3. The molecule has 8 nitrogen and oxygen atoms in total. The van der Waals surface area contributed by atoms with Gasteiger partial charge in [-0.3, -0.25) is 14.4 Å². The number of aliphatic hydroxyl groups is 1. The van der Waals surface area contributed by atoms with E-state index in [0.717, 1.165) is 0 Å². The molecule has 3 heterocycles. The number of hydrogen-bond donors (Lipinski definition) is 1. The van der Waals surface area contributed by atoms with Crippen LogP contribution in [0.5, 0.6) is 0 Å². The molecule has 2 bridgehead atoms. The highest BCUT2D eigenvalue weighted by atomic mass is 35.5. The molecule has 1 spiro atoms. The van der Waals surface area contributed by atoms with E-state index in [-0.39, 0.29) is 31.6 Å². The third-order valence-corrected chi connectivity index (χ3v) is 8.16. The molecule has 1 aromatic rings. The summed E-state index contributed by atoms with van der Waals surface area (Å²) in [4.78, 5) is 44.5. The molecule has 2 amide bonds. The van der Waals surface area contributed by atoms with E-state index < -0.39 is 41.6 Å². The summed E-state index contributed by atoms with van der Waals surface area (Å²) in [5, 5.41) is 10.6. The topological polar surface area (TPSA) is 96.4 Å². The lowest BCUT2D eigenvalue weighted by Crippen LogP contribution is -2.59. The Bertz CT molecular complexity index is 1060. The fraction of sp³-hybridized carbons (Fsp3) is 0.536. The SMILES string of the molecule is C=CCCCOC(=O)[C@@H]1[C@@H]2CCC3(O2)C(C(=O)N(CC=C)c2ccccc2Cl)N([C@@H](CC)CO)C(=O)[C@H]13. The van der Waals surface area contributed by atoms with Crippen LogP contribution in [0, 0.1) is 11.8 Å². The van der Waals surface area contributed by atoms with Crippen molar-refractivity contribution in [2.45, 2.75) is 62.8 Å². The lowest BCUT2D eigenvalue weighted by atomic mass is 9.70. The number of unbranched alkanes of at least 4 members (excludes halogenated alkanes) is 1. The Labute approximate surface area is 222 Å². The van der Waals surface area contributed by atoms with Crippen LogP contribution >= 0.6 is 11.6 Å². The number of esters is 1. The average molecular weight is 531 g/mol. The number of para-hydroxylation sites is 1. The van der Waals surface area contributed by atoms with Gasteiger partial charge in [0, 0.05) is 6.54 Å². The fourth-order valence-electron chi connectivity index (χ4n) is 6.20. The van der Waals surface area contributed by atoms with Crippen LogP contribution in [0.4, 0.5) is 5.69 Å². The number of amides is 2. The third-order valence-electron chi connectivity index (χ3n) is 7.84. The predicted octanol–water partition coefficient (Wildman–Crippen LogP) is 3.51. The maximum atomic E-state index is 14.4. The van der Waals surface area contributed by atoms with E-state index >= 15 is 0 Å². The summed E-state index contributed by atoms with van der Waals surface area (Å²) in [5.74, 6) is -2.86. The van der Waals surface area contributed by atoms with E-state index in [1.54, 1.807) is 36.4 Å². The monoisotopic (exact) mass is 530 g/mol. The number of allylic oxidation sites excluding steroid dienone is 1. The zero-order valence-corrected chi connectivity index (χ0v) is 21.9. The molecular weight excluding hydrogens is 496 g/mol. The van der Waals surface area contributed by atoms with Crippen LogP contribution in [0.2, 0.25) is 5.02 Å². The van der Waals surface area contributed by atoms with Crippen molar-refractivity contribution in [3.63, 3.8) is 0 Å². The smallest absolute Gasteiger partial charge is 0.312 e. The Hall–Kier alpha value is -2.68. The van der Waals surface area contributed by atoms with E-state index in [2.05, 4.69) is 13.2 Å². The van der Waals surface area contributed by atoms with Gasteiger partial charge in [0.15, 0.2) is 0 Å². The number of benzene rings is 1. The number of anilines is 1. The largest absolute Gasteiger partial charge is 0.465 e. The Balaban J connectivity index is 1.74. The minimum absolute atomic E-state index is 0.163. The van der Waals surface area contributed by atoms with Gasteiger partial charge < -0.3 is 24.4 Å². The summed E-state index contributed by atoms with van der Waals surface area (Å²) < 4.78 is 12.0. The number of carbonyl (C=O) groups is 3. The molecule has 9 heteroatoms. The molecule has 3 saturated heterocycles. The van der Waals surface area contributed by atoms with Gasteiger partial charge in [0.1, 0.15) is 11.6 Å². The van der Waals surface area contributed by atoms with Crippen LogP contribution in [0.3, 0.4) is 0 Å². The molecule has 3 aliphatic rings. The molecule has 0 aliphatic carbocycles. The van der Waals surface area contributed by atoms with E-state index in [1.165, 1.54) is 9.80 Å². The predicted molar refractivity (Wildman–Crippen MR) is 140 cm³/mol. The number of aliphatic hydroxyl groups excluding tert-OH is 1. The van der Waals surface area contributed by atoms with Crippen molar-refractivity contribution >= 4 is 35.1 Å². The Morgan fingerprint density at radius 3 is 2.76 bits per heavy atom. The summed E-state index contributed by atoms with van der Waals surface area (Å²) in [6.45, 7) is 9.39. The molecular formula is C28H35ClN2O6. The van der Waals surface area contributed by atoms with E-state index in [4.69, 9.17) is 21.1 Å². The number of ether oxygens (including phenoxy) is 2. The van der Waals surface area contributed by atoms with E-state index in [1.807, 2.05) is 6.92 Å². The van der Waals surface area contributed by atoms with Crippen LogP contribution in [0.1, 0.15) is 39.0 Å². The van der Waals surface area contributed by atoms with Gasteiger partial charge in [-0.1, -0.05) is 42.8 Å². The Morgan fingerprint density at radius 1 is 1.35 bits per heavy atom. The molecule has 3 aliphatic heterocycles. The first-order valence-electron chi connectivity index (χ1n) is 12.9. The van der Waals surface area contributed by atoms with Gasteiger partial charge in [-0.2, -0.15) is 0 Å². The second-order valence-electron chi connectivity index (χ2n) is 9.83. The fourth-order valence-corrected chi connectivity index (χ4v) is 6.43. The van der Waals surface area contributed by atoms with Crippen LogP contribution in [-0.2, 0) is 23.9 Å². The normalized spacial score (nSPS) is 28.6. The molecule has 2 unspecified atom stereocenters. The van der Waals surface area contributed by atoms with Gasteiger partial charge in [-0.05, 0) is 44.2 Å². The van der Waals surface area contributed by atoms with Gasteiger partial charge in [0.05, 0.1) is 47.9 Å².